The summed E-state index contributed by atoms with van der Waals surface area (Å²) in [5.41, 5.74) is 0.629. The topological polar surface area (TPSA) is 86.7 Å². The molecule has 0 spiro atoms. The Kier molecular flexibility index (Phi) is 4.29. The van der Waals surface area contributed by atoms with Gasteiger partial charge in [0.25, 0.3) is 11.1 Å². The van der Waals surface area contributed by atoms with Crippen LogP contribution in [0.2, 0.25) is 0 Å². The summed E-state index contributed by atoms with van der Waals surface area (Å²) in [5.74, 6) is -1.33. The average Bonchev–Trinajstić information content (AvgIpc) is 2.67. The van der Waals surface area contributed by atoms with E-state index in [1.54, 1.807) is 12.1 Å². The first-order chi connectivity index (χ1) is 9.52. The van der Waals surface area contributed by atoms with Gasteiger partial charge in [-0.1, -0.05) is 13.0 Å². The number of nitrogens with zero attached hydrogens (tertiary/aromatic N) is 1. The lowest BCUT2D eigenvalue weighted by atomic mass is 10.2. The fourth-order valence-electron chi connectivity index (χ4n) is 1.86. The molecule has 2 N–H and O–H groups in total. The van der Waals surface area contributed by atoms with E-state index in [1.165, 1.54) is 17.0 Å². The molecule has 1 atom stereocenters. The van der Waals surface area contributed by atoms with Crippen LogP contribution in [-0.2, 0) is 4.79 Å². The maximum absolute atomic E-state index is 12.0. The predicted molar refractivity (Wildman–Crippen MR) is 75.8 cm³/mol. The van der Waals surface area contributed by atoms with Crippen LogP contribution in [0.25, 0.3) is 0 Å². The molecule has 1 aliphatic heterocycles. The standard InChI is InChI=1S/C13H14N2O4S/c1-2-6-15-11(16)10(20-13(15)19)14-9-5-3-4-8(7-9)12(17)18/h3-5,7,10,14H,2,6H2,1H3,(H,17,18)/t10-/m1/s1. The zero-order valence-corrected chi connectivity index (χ0v) is 11.6. The minimum atomic E-state index is -1.04. The number of imide groups is 1. The van der Waals surface area contributed by atoms with Gasteiger partial charge in [-0.15, -0.1) is 0 Å². The number of aromatic carboxylic acids is 1. The summed E-state index contributed by atoms with van der Waals surface area (Å²) in [7, 11) is 0. The second-order valence-electron chi connectivity index (χ2n) is 4.28. The third-order valence-corrected chi connectivity index (χ3v) is 3.76. The lowest BCUT2D eigenvalue weighted by molar-refractivity contribution is -0.126. The lowest BCUT2D eigenvalue weighted by Gasteiger charge is -2.14. The quantitative estimate of drug-likeness (QED) is 0.866. The van der Waals surface area contributed by atoms with Crippen molar-refractivity contribution in [1.82, 2.24) is 4.90 Å². The summed E-state index contributed by atoms with van der Waals surface area (Å²) in [6.07, 6.45) is 0.708. The number of benzene rings is 1. The molecule has 0 bridgehead atoms. The molecule has 0 aromatic heterocycles. The second kappa shape index (κ2) is 5.96. The highest BCUT2D eigenvalue weighted by molar-refractivity contribution is 8.15. The number of anilines is 1. The van der Waals surface area contributed by atoms with Crippen molar-refractivity contribution < 1.29 is 19.5 Å². The normalized spacial score (nSPS) is 18.4. The number of carbonyl (C=O) groups excluding carboxylic acids is 2. The smallest absolute Gasteiger partial charge is 0.335 e. The van der Waals surface area contributed by atoms with Gasteiger partial charge in [-0.2, -0.15) is 0 Å². The number of hydrogen-bond donors (Lipinski definition) is 2. The second-order valence-corrected chi connectivity index (χ2v) is 5.34. The zero-order valence-electron chi connectivity index (χ0n) is 10.8. The lowest BCUT2D eigenvalue weighted by Crippen LogP contribution is -2.34. The van der Waals surface area contributed by atoms with Crippen molar-refractivity contribution in [2.24, 2.45) is 0 Å². The maximum atomic E-state index is 12.0. The van der Waals surface area contributed by atoms with Crippen LogP contribution in [0, 0.1) is 0 Å². The predicted octanol–water partition coefficient (Wildman–Crippen LogP) is 2.23. The van der Waals surface area contributed by atoms with E-state index in [4.69, 9.17) is 5.11 Å². The Morgan fingerprint density at radius 3 is 2.85 bits per heavy atom. The molecule has 0 aliphatic carbocycles. The van der Waals surface area contributed by atoms with Crippen LogP contribution in [0.1, 0.15) is 23.7 Å². The summed E-state index contributed by atoms with van der Waals surface area (Å²) in [6.45, 7) is 2.29. The monoisotopic (exact) mass is 294 g/mol. The van der Waals surface area contributed by atoms with Crippen molar-refractivity contribution in [1.29, 1.82) is 0 Å². The highest BCUT2D eigenvalue weighted by Crippen LogP contribution is 2.28. The van der Waals surface area contributed by atoms with Crippen molar-refractivity contribution in [2.75, 3.05) is 11.9 Å². The molecular weight excluding hydrogens is 280 g/mol. The summed E-state index contributed by atoms with van der Waals surface area (Å²) < 4.78 is 0. The third-order valence-electron chi connectivity index (χ3n) is 2.78. The van der Waals surface area contributed by atoms with Crippen molar-refractivity contribution in [3.05, 3.63) is 29.8 Å². The average molecular weight is 294 g/mol. The molecule has 1 aliphatic rings. The van der Waals surface area contributed by atoms with Gasteiger partial charge in [-0.3, -0.25) is 14.5 Å². The van der Waals surface area contributed by atoms with E-state index >= 15 is 0 Å². The van der Waals surface area contributed by atoms with E-state index in [0.29, 0.717) is 18.7 Å². The van der Waals surface area contributed by atoms with Crippen LogP contribution >= 0.6 is 11.8 Å². The molecule has 1 saturated heterocycles. The summed E-state index contributed by atoms with van der Waals surface area (Å²) in [4.78, 5) is 35.8. The third kappa shape index (κ3) is 2.93. The van der Waals surface area contributed by atoms with Gasteiger partial charge in [0.1, 0.15) is 0 Å². The first-order valence-corrected chi connectivity index (χ1v) is 7.02. The van der Waals surface area contributed by atoms with Crippen molar-refractivity contribution in [2.45, 2.75) is 18.7 Å². The minimum Gasteiger partial charge on any atom is -0.478 e. The van der Waals surface area contributed by atoms with Crippen LogP contribution in [0.3, 0.4) is 0 Å². The molecule has 2 rings (SSSR count). The molecule has 0 radical (unpaired) electrons. The van der Waals surface area contributed by atoms with Gasteiger partial charge in [0.15, 0.2) is 5.37 Å². The first kappa shape index (κ1) is 14.4. The van der Waals surface area contributed by atoms with Crippen LogP contribution < -0.4 is 5.32 Å². The van der Waals surface area contributed by atoms with Crippen LogP contribution in [0.15, 0.2) is 24.3 Å². The van der Waals surface area contributed by atoms with Gasteiger partial charge in [-0.25, -0.2) is 4.79 Å². The van der Waals surface area contributed by atoms with E-state index in [2.05, 4.69) is 5.32 Å². The molecule has 106 valence electrons. The molecule has 0 unspecified atom stereocenters. The molecule has 7 heteroatoms. The Balaban J connectivity index is 2.11. The molecule has 0 saturated carbocycles. The van der Waals surface area contributed by atoms with Gasteiger partial charge in [-0.05, 0) is 36.4 Å². The molecule has 1 aromatic rings. The number of carboxylic acid groups (broad SMARTS) is 1. The van der Waals surface area contributed by atoms with Gasteiger partial charge >= 0.3 is 5.97 Å². The molecule has 1 heterocycles. The highest BCUT2D eigenvalue weighted by Gasteiger charge is 2.39. The van der Waals surface area contributed by atoms with Crippen molar-refractivity contribution in [3.63, 3.8) is 0 Å². The van der Waals surface area contributed by atoms with E-state index in [-0.39, 0.29) is 16.7 Å². The van der Waals surface area contributed by atoms with Crippen molar-refractivity contribution >= 4 is 34.6 Å². The molecule has 1 fully saturated rings. The van der Waals surface area contributed by atoms with Crippen LogP contribution in [0.4, 0.5) is 10.5 Å². The summed E-state index contributed by atoms with van der Waals surface area (Å²) in [5, 5.41) is 10.8. The number of rotatable bonds is 5. The Bertz CT molecular complexity index is 561. The largest absolute Gasteiger partial charge is 0.478 e. The van der Waals surface area contributed by atoms with Gasteiger partial charge in [0, 0.05) is 12.2 Å². The Morgan fingerprint density at radius 1 is 1.45 bits per heavy atom. The first-order valence-electron chi connectivity index (χ1n) is 6.15. The Labute approximate surface area is 120 Å². The fraction of sp³-hybridized carbons (Fsp3) is 0.308. The minimum absolute atomic E-state index is 0.127. The maximum Gasteiger partial charge on any atom is 0.335 e. The zero-order chi connectivity index (χ0) is 14.7. The fourth-order valence-corrected chi connectivity index (χ4v) is 2.79. The molecule has 20 heavy (non-hydrogen) atoms. The van der Waals surface area contributed by atoms with E-state index < -0.39 is 11.3 Å². The molecule has 1 aromatic carbocycles. The van der Waals surface area contributed by atoms with Gasteiger partial charge in [0.05, 0.1) is 5.56 Å². The number of nitrogens with one attached hydrogen (secondary N) is 1. The van der Waals surface area contributed by atoms with E-state index in [1.807, 2.05) is 6.92 Å². The van der Waals surface area contributed by atoms with E-state index in [9.17, 15) is 14.4 Å². The number of amides is 2. The van der Waals surface area contributed by atoms with Crippen LogP contribution in [-0.4, -0.2) is 39.0 Å². The molecule has 6 nitrogen and oxygen atoms in total. The van der Waals surface area contributed by atoms with Gasteiger partial charge < -0.3 is 10.4 Å². The number of carbonyl (C=O) groups is 3. The SMILES string of the molecule is CCCN1C(=O)S[C@@H](Nc2cccc(C(=O)O)c2)C1=O. The summed E-state index contributed by atoms with van der Waals surface area (Å²) >= 11 is 0.910. The molecular formula is C13H14N2O4S. The molecule has 2 amide bonds. The highest BCUT2D eigenvalue weighted by atomic mass is 32.2. The number of hydrogen-bond acceptors (Lipinski definition) is 5. The number of carboxylic acids is 1. The van der Waals surface area contributed by atoms with Crippen molar-refractivity contribution in [3.8, 4) is 0 Å². The Morgan fingerprint density at radius 2 is 2.20 bits per heavy atom. The summed E-state index contributed by atoms with van der Waals surface area (Å²) in [6, 6.07) is 6.14. The number of thioether (sulfide) groups is 1. The van der Waals surface area contributed by atoms with Gasteiger partial charge in [0.2, 0.25) is 0 Å². The van der Waals surface area contributed by atoms with Crippen LogP contribution in [0.5, 0.6) is 0 Å². The Hall–Kier alpha value is -2.02. The van der Waals surface area contributed by atoms with E-state index in [0.717, 1.165) is 11.8 Å².